The summed E-state index contributed by atoms with van der Waals surface area (Å²) in [5, 5.41) is 6.57. The van der Waals surface area contributed by atoms with Gasteiger partial charge in [0, 0.05) is 29.9 Å². The molecule has 2 heterocycles. The molecule has 0 aliphatic rings. The van der Waals surface area contributed by atoms with Crippen LogP contribution in [0.25, 0.3) is 21.6 Å². The highest BCUT2D eigenvalue weighted by atomic mass is 32.1. The van der Waals surface area contributed by atoms with Crippen LogP contribution < -0.4 is 10.1 Å². The van der Waals surface area contributed by atoms with E-state index in [-0.39, 0.29) is 5.91 Å². The minimum Gasteiger partial charge on any atom is -0.495 e. The van der Waals surface area contributed by atoms with Gasteiger partial charge in [0.1, 0.15) is 16.5 Å². The minimum atomic E-state index is -0.267. The molecule has 0 fully saturated rings. The zero-order chi connectivity index (χ0) is 20.2. The highest BCUT2D eigenvalue weighted by Crippen LogP contribution is 2.31. The Hall–Kier alpha value is -3.16. The van der Waals surface area contributed by atoms with Crippen molar-refractivity contribution in [3.8, 4) is 16.5 Å². The molecule has 1 amide bonds. The topological polar surface area (TPSA) is 65.4 Å². The van der Waals surface area contributed by atoms with Crippen LogP contribution in [0.3, 0.4) is 0 Å². The number of hydrogen-bond donors (Lipinski definition) is 1. The lowest BCUT2D eigenvalue weighted by Crippen LogP contribution is -2.13. The number of carbonyl (C=O) groups excluding carboxylic acids is 1. The first-order chi connectivity index (χ1) is 14.2. The summed E-state index contributed by atoms with van der Waals surface area (Å²) in [4.78, 5) is 17.3. The SMILES string of the molecule is COCCn1c(-c2nc(C(=O)Nc3ccccc3OC)cs2)cc2ccccc21. The number of methoxy groups -OCH3 is 2. The monoisotopic (exact) mass is 407 g/mol. The van der Waals surface area contributed by atoms with Crippen LogP contribution in [-0.2, 0) is 11.3 Å². The molecule has 0 spiro atoms. The molecule has 0 saturated heterocycles. The van der Waals surface area contributed by atoms with Crippen LogP contribution in [0.1, 0.15) is 10.5 Å². The van der Waals surface area contributed by atoms with Gasteiger partial charge in [-0.2, -0.15) is 0 Å². The third-order valence-electron chi connectivity index (χ3n) is 4.64. The van der Waals surface area contributed by atoms with Gasteiger partial charge < -0.3 is 19.4 Å². The third kappa shape index (κ3) is 3.87. The molecule has 0 radical (unpaired) electrons. The van der Waals surface area contributed by atoms with E-state index in [1.54, 1.807) is 31.7 Å². The fourth-order valence-electron chi connectivity index (χ4n) is 3.24. The lowest BCUT2D eigenvalue weighted by molar-refractivity contribution is 0.102. The van der Waals surface area contributed by atoms with E-state index in [0.717, 1.165) is 21.6 Å². The second kappa shape index (κ2) is 8.46. The van der Waals surface area contributed by atoms with Gasteiger partial charge in [-0.1, -0.05) is 30.3 Å². The highest BCUT2D eigenvalue weighted by Gasteiger charge is 2.17. The molecule has 2 aromatic heterocycles. The number of nitrogens with one attached hydrogen (secondary N) is 1. The molecular weight excluding hydrogens is 386 g/mol. The standard InChI is InChI=1S/C22H21N3O3S/c1-27-12-11-25-18-9-5-3-7-15(18)13-19(25)22-24-17(14-29-22)21(26)23-16-8-4-6-10-20(16)28-2/h3-10,13-14H,11-12H2,1-2H3,(H,23,26). The Labute approximate surface area is 172 Å². The highest BCUT2D eigenvalue weighted by molar-refractivity contribution is 7.13. The van der Waals surface area contributed by atoms with E-state index in [2.05, 4.69) is 33.1 Å². The number of aromatic nitrogens is 2. The number of benzene rings is 2. The number of thiazole rings is 1. The van der Waals surface area contributed by atoms with E-state index in [0.29, 0.717) is 30.3 Å². The van der Waals surface area contributed by atoms with Crippen molar-refractivity contribution in [2.24, 2.45) is 0 Å². The molecule has 0 aliphatic heterocycles. The Balaban J connectivity index is 1.64. The van der Waals surface area contributed by atoms with Gasteiger partial charge in [0.05, 0.1) is 25.1 Å². The molecule has 0 bridgehead atoms. The minimum absolute atomic E-state index is 0.267. The summed E-state index contributed by atoms with van der Waals surface area (Å²) in [6, 6.07) is 17.6. The molecule has 6 nitrogen and oxygen atoms in total. The van der Waals surface area contributed by atoms with Gasteiger partial charge in [-0.25, -0.2) is 4.98 Å². The normalized spacial score (nSPS) is 11.0. The number of anilines is 1. The summed E-state index contributed by atoms with van der Waals surface area (Å²) in [6.45, 7) is 1.31. The quantitative estimate of drug-likeness (QED) is 0.483. The van der Waals surface area contributed by atoms with Gasteiger partial charge >= 0.3 is 0 Å². The molecule has 2 aromatic carbocycles. The van der Waals surface area contributed by atoms with E-state index in [1.807, 2.05) is 24.3 Å². The number of fused-ring (bicyclic) bond motifs is 1. The second-order valence-electron chi connectivity index (χ2n) is 6.43. The average Bonchev–Trinajstić information content (AvgIpc) is 3.37. The number of hydrogen-bond acceptors (Lipinski definition) is 5. The molecule has 29 heavy (non-hydrogen) atoms. The summed E-state index contributed by atoms with van der Waals surface area (Å²) in [5.41, 5.74) is 3.09. The van der Waals surface area contributed by atoms with E-state index in [1.165, 1.54) is 11.3 Å². The zero-order valence-corrected chi connectivity index (χ0v) is 17.0. The van der Waals surface area contributed by atoms with Crippen LogP contribution in [0.5, 0.6) is 5.75 Å². The van der Waals surface area contributed by atoms with E-state index in [9.17, 15) is 4.79 Å². The average molecular weight is 407 g/mol. The molecule has 0 saturated carbocycles. The van der Waals surface area contributed by atoms with Crippen LogP contribution >= 0.6 is 11.3 Å². The Bertz CT molecular complexity index is 1150. The maximum Gasteiger partial charge on any atom is 0.275 e. The van der Waals surface area contributed by atoms with Crippen molar-refractivity contribution in [2.45, 2.75) is 6.54 Å². The smallest absolute Gasteiger partial charge is 0.275 e. The van der Waals surface area contributed by atoms with Crippen molar-refractivity contribution in [3.05, 3.63) is 65.7 Å². The van der Waals surface area contributed by atoms with Gasteiger partial charge in [-0.15, -0.1) is 11.3 Å². The predicted octanol–water partition coefficient (Wildman–Crippen LogP) is 4.67. The lowest BCUT2D eigenvalue weighted by atomic mass is 10.2. The maximum atomic E-state index is 12.7. The Morgan fingerprint density at radius 2 is 1.93 bits per heavy atom. The van der Waals surface area contributed by atoms with Crippen molar-refractivity contribution in [1.29, 1.82) is 0 Å². The Kier molecular flexibility index (Phi) is 5.59. The number of rotatable bonds is 7. The van der Waals surface area contributed by atoms with Crippen molar-refractivity contribution < 1.29 is 14.3 Å². The number of amides is 1. The van der Waals surface area contributed by atoms with Gasteiger partial charge in [-0.3, -0.25) is 4.79 Å². The first-order valence-corrected chi connectivity index (χ1v) is 10.1. The number of ether oxygens (including phenoxy) is 2. The molecule has 4 aromatic rings. The van der Waals surface area contributed by atoms with Crippen LogP contribution in [-0.4, -0.2) is 36.3 Å². The van der Waals surface area contributed by atoms with E-state index >= 15 is 0 Å². The molecule has 0 aliphatic carbocycles. The number of para-hydroxylation sites is 3. The first-order valence-electron chi connectivity index (χ1n) is 9.18. The summed E-state index contributed by atoms with van der Waals surface area (Å²) >= 11 is 1.45. The lowest BCUT2D eigenvalue weighted by Gasteiger charge is -2.09. The van der Waals surface area contributed by atoms with E-state index < -0.39 is 0 Å². The van der Waals surface area contributed by atoms with Gasteiger partial charge in [0.25, 0.3) is 5.91 Å². The van der Waals surface area contributed by atoms with E-state index in [4.69, 9.17) is 9.47 Å². The second-order valence-corrected chi connectivity index (χ2v) is 7.28. The Morgan fingerprint density at radius 3 is 2.76 bits per heavy atom. The van der Waals surface area contributed by atoms with Crippen LogP contribution in [0.2, 0.25) is 0 Å². The van der Waals surface area contributed by atoms with Gasteiger partial charge in [-0.05, 0) is 24.3 Å². The molecule has 0 atom stereocenters. The summed E-state index contributed by atoms with van der Waals surface area (Å²) in [5.74, 6) is 0.340. The molecule has 148 valence electrons. The summed E-state index contributed by atoms with van der Waals surface area (Å²) in [6.07, 6.45) is 0. The molecular formula is C22H21N3O3S. The number of carbonyl (C=O) groups is 1. The van der Waals surface area contributed by atoms with Crippen molar-refractivity contribution in [2.75, 3.05) is 26.1 Å². The fraction of sp³-hybridized carbons (Fsp3) is 0.182. The van der Waals surface area contributed by atoms with Crippen molar-refractivity contribution in [3.63, 3.8) is 0 Å². The number of nitrogens with zero attached hydrogens (tertiary/aromatic N) is 2. The largest absolute Gasteiger partial charge is 0.495 e. The van der Waals surface area contributed by atoms with Crippen molar-refractivity contribution >= 4 is 33.8 Å². The molecule has 4 rings (SSSR count). The molecule has 1 N–H and O–H groups in total. The van der Waals surface area contributed by atoms with Crippen molar-refractivity contribution in [1.82, 2.24) is 9.55 Å². The Morgan fingerprint density at radius 1 is 1.14 bits per heavy atom. The molecule has 7 heteroatoms. The van der Waals surface area contributed by atoms with Crippen LogP contribution in [0.4, 0.5) is 5.69 Å². The van der Waals surface area contributed by atoms with Crippen LogP contribution in [0.15, 0.2) is 60.0 Å². The zero-order valence-electron chi connectivity index (χ0n) is 16.2. The third-order valence-corrected chi connectivity index (χ3v) is 5.51. The van der Waals surface area contributed by atoms with Gasteiger partial charge in [0.2, 0.25) is 0 Å². The first kappa shape index (κ1) is 19.2. The predicted molar refractivity (Wildman–Crippen MR) is 116 cm³/mol. The maximum absolute atomic E-state index is 12.7. The fourth-order valence-corrected chi connectivity index (χ4v) is 4.06. The van der Waals surface area contributed by atoms with Crippen LogP contribution in [0, 0.1) is 0 Å². The summed E-state index contributed by atoms with van der Waals surface area (Å²) in [7, 11) is 3.26. The summed E-state index contributed by atoms with van der Waals surface area (Å²) < 4.78 is 12.7. The van der Waals surface area contributed by atoms with Gasteiger partial charge in [0.15, 0.2) is 0 Å². The molecule has 0 unspecified atom stereocenters.